The van der Waals surface area contributed by atoms with E-state index >= 15 is 0 Å². The van der Waals surface area contributed by atoms with Crippen molar-refractivity contribution < 1.29 is 5.11 Å². The fourth-order valence-electron chi connectivity index (χ4n) is 2.04. The number of benzene rings is 2. The number of aryl methyl sites for hydroxylation is 1. The van der Waals surface area contributed by atoms with E-state index in [1.54, 1.807) is 0 Å². The first-order valence-corrected chi connectivity index (χ1v) is 7.22. The molecule has 2 rings (SSSR count). The molecule has 2 nitrogen and oxygen atoms in total. The second kappa shape index (κ2) is 6.69. The Hall–Kier alpha value is -1.38. The van der Waals surface area contributed by atoms with Crippen LogP contribution in [0.3, 0.4) is 0 Å². The van der Waals surface area contributed by atoms with Crippen LogP contribution in [0.1, 0.15) is 17.5 Å². The van der Waals surface area contributed by atoms with Gasteiger partial charge in [0.05, 0.1) is 11.6 Å². The van der Waals surface area contributed by atoms with Crippen molar-refractivity contribution in [1.82, 2.24) is 0 Å². The Kier molecular flexibility index (Phi) is 4.94. The van der Waals surface area contributed by atoms with Gasteiger partial charge in [-0.25, -0.2) is 0 Å². The molecule has 0 aliphatic rings. The highest BCUT2D eigenvalue weighted by atomic mass is 127. The summed E-state index contributed by atoms with van der Waals surface area (Å²) in [5.74, 6) is 0. The van der Waals surface area contributed by atoms with Crippen LogP contribution in [0, 0.1) is 14.9 Å². The van der Waals surface area contributed by atoms with Crippen molar-refractivity contribution in [1.29, 1.82) is 5.26 Å². The number of rotatable bonds is 4. The first-order chi connectivity index (χ1) is 9.24. The van der Waals surface area contributed by atoms with Gasteiger partial charge in [-0.15, -0.1) is 0 Å². The van der Waals surface area contributed by atoms with Gasteiger partial charge in [0.15, 0.2) is 0 Å². The van der Waals surface area contributed by atoms with E-state index in [1.807, 2.05) is 24.3 Å². The summed E-state index contributed by atoms with van der Waals surface area (Å²) in [6, 6.07) is 16.1. The molecule has 0 aliphatic carbocycles. The van der Waals surface area contributed by atoms with Crippen LogP contribution in [-0.2, 0) is 6.42 Å². The monoisotopic (exact) mass is 363 g/mol. The minimum Gasteiger partial charge on any atom is -0.396 e. The van der Waals surface area contributed by atoms with E-state index < -0.39 is 0 Å². The Labute approximate surface area is 126 Å². The predicted octanol–water partition coefficient (Wildman–Crippen LogP) is 3.75. The van der Waals surface area contributed by atoms with Crippen molar-refractivity contribution in [3.05, 3.63) is 57.2 Å². The van der Waals surface area contributed by atoms with Crippen molar-refractivity contribution >= 4 is 22.6 Å². The number of aliphatic hydroxyl groups is 1. The summed E-state index contributed by atoms with van der Waals surface area (Å²) in [6.07, 6.45) is 1.63. The molecule has 0 atom stereocenters. The summed E-state index contributed by atoms with van der Waals surface area (Å²) in [5.41, 5.74) is 4.21. The molecule has 0 amide bonds. The van der Waals surface area contributed by atoms with Gasteiger partial charge in [-0.1, -0.05) is 18.2 Å². The highest BCUT2D eigenvalue weighted by Crippen LogP contribution is 2.26. The lowest BCUT2D eigenvalue weighted by atomic mass is 9.96. The van der Waals surface area contributed by atoms with Crippen molar-refractivity contribution in [2.24, 2.45) is 0 Å². The molecular formula is C16H14INO. The Morgan fingerprint density at radius 2 is 1.84 bits per heavy atom. The minimum absolute atomic E-state index is 0.207. The van der Waals surface area contributed by atoms with Crippen LogP contribution in [-0.4, -0.2) is 11.7 Å². The molecule has 0 aromatic heterocycles. The zero-order valence-electron chi connectivity index (χ0n) is 10.4. The number of hydrogen-bond donors (Lipinski definition) is 1. The summed E-state index contributed by atoms with van der Waals surface area (Å²) in [7, 11) is 0. The van der Waals surface area contributed by atoms with Gasteiger partial charge in [-0.05, 0) is 76.4 Å². The van der Waals surface area contributed by atoms with Crippen molar-refractivity contribution in [2.45, 2.75) is 12.8 Å². The van der Waals surface area contributed by atoms with Crippen LogP contribution in [0.4, 0.5) is 0 Å². The summed E-state index contributed by atoms with van der Waals surface area (Å²) in [4.78, 5) is 0. The zero-order valence-corrected chi connectivity index (χ0v) is 12.6. The van der Waals surface area contributed by atoms with E-state index in [0.717, 1.165) is 18.4 Å². The SMILES string of the molecule is N#Cc1ccc(-c2ccc(I)cc2CCCO)cc1. The maximum atomic E-state index is 8.99. The Balaban J connectivity index is 2.39. The minimum atomic E-state index is 0.207. The van der Waals surface area contributed by atoms with Crippen LogP contribution < -0.4 is 0 Å². The fourth-order valence-corrected chi connectivity index (χ4v) is 2.60. The summed E-state index contributed by atoms with van der Waals surface area (Å²) in [6.45, 7) is 0.207. The van der Waals surface area contributed by atoms with Crippen LogP contribution in [0.5, 0.6) is 0 Å². The lowest BCUT2D eigenvalue weighted by Gasteiger charge is -2.10. The number of hydrogen-bond acceptors (Lipinski definition) is 2. The highest BCUT2D eigenvalue weighted by molar-refractivity contribution is 14.1. The van der Waals surface area contributed by atoms with Gasteiger partial charge >= 0.3 is 0 Å². The third kappa shape index (κ3) is 3.55. The van der Waals surface area contributed by atoms with E-state index in [1.165, 1.54) is 14.7 Å². The summed E-state index contributed by atoms with van der Waals surface area (Å²) in [5, 5.41) is 17.8. The third-order valence-electron chi connectivity index (χ3n) is 3.00. The molecule has 2 aromatic rings. The topological polar surface area (TPSA) is 44.0 Å². The van der Waals surface area contributed by atoms with Crippen LogP contribution >= 0.6 is 22.6 Å². The first-order valence-electron chi connectivity index (χ1n) is 6.14. The van der Waals surface area contributed by atoms with Gasteiger partial charge in [0.2, 0.25) is 0 Å². The fraction of sp³-hybridized carbons (Fsp3) is 0.188. The van der Waals surface area contributed by atoms with E-state index in [0.29, 0.717) is 5.56 Å². The average molecular weight is 363 g/mol. The average Bonchev–Trinajstić information content (AvgIpc) is 2.45. The molecule has 0 spiro atoms. The molecular weight excluding hydrogens is 349 g/mol. The Morgan fingerprint density at radius 1 is 1.11 bits per heavy atom. The van der Waals surface area contributed by atoms with Gasteiger partial charge in [-0.3, -0.25) is 0 Å². The van der Waals surface area contributed by atoms with Gasteiger partial charge in [0.25, 0.3) is 0 Å². The largest absolute Gasteiger partial charge is 0.396 e. The number of nitriles is 1. The summed E-state index contributed by atoms with van der Waals surface area (Å²) < 4.78 is 1.20. The molecule has 2 aromatic carbocycles. The Bertz CT molecular complexity index is 599. The van der Waals surface area contributed by atoms with Crippen molar-refractivity contribution in [2.75, 3.05) is 6.61 Å². The molecule has 0 heterocycles. The molecule has 0 fully saturated rings. The van der Waals surface area contributed by atoms with Crippen molar-refractivity contribution in [3.63, 3.8) is 0 Å². The predicted molar refractivity (Wildman–Crippen MR) is 84.7 cm³/mol. The molecule has 3 heteroatoms. The molecule has 0 unspecified atom stereocenters. The first kappa shape index (κ1) is 14.0. The second-order valence-corrected chi connectivity index (χ2v) is 5.56. The maximum absolute atomic E-state index is 8.99. The molecule has 0 saturated heterocycles. The van der Waals surface area contributed by atoms with Crippen LogP contribution in [0.15, 0.2) is 42.5 Å². The number of nitrogens with zero attached hydrogens (tertiary/aromatic N) is 1. The molecule has 1 N–H and O–H groups in total. The van der Waals surface area contributed by atoms with Crippen molar-refractivity contribution in [3.8, 4) is 17.2 Å². The van der Waals surface area contributed by atoms with E-state index in [9.17, 15) is 0 Å². The highest BCUT2D eigenvalue weighted by Gasteiger charge is 2.06. The van der Waals surface area contributed by atoms with E-state index in [4.69, 9.17) is 10.4 Å². The lowest BCUT2D eigenvalue weighted by Crippen LogP contribution is -1.94. The summed E-state index contributed by atoms with van der Waals surface area (Å²) >= 11 is 2.30. The van der Waals surface area contributed by atoms with Crippen LogP contribution in [0.2, 0.25) is 0 Å². The van der Waals surface area contributed by atoms with Gasteiger partial charge in [0.1, 0.15) is 0 Å². The zero-order chi connectivity index (χ0) is 13.7. The molecule has 0 bridgehead atoms. The smallest absolute Gasteiger partial charge is 0.0991 e. The Morgan fingerprint density at radius 3 is 2.47 bits per heavy atom. The van der Waals surface area contributed by atoms with Gasteiger partial charge in [-0.2, -0.15) is 5.26 Å². The van der Waals surface area contributed by atoms with Crippen LogP contribution in [0.25, 0.3) is 11.1 Å². The molecule has 19 heavy (non-hydrogen) atoms. The maximum Gasteiger partial charge on any atom is 0.0991 e. The quantitative estimate of drug-likeness (QED) is 0.841. The number of halogens is 1. The second-order valence-electron chi connectivity index (χ2n) is 4.32. The molecule has 0 saturated carbocycles. The van der Waals surface area contributed by atoms with Gasteiger partial charge < -0.3 is 5.11 Å². The lowest BCUT2D eigenvalue weighted by molar-refractivity contribution is 0.288. The normalized spacial score (nSPS) is 10.2. The number of aliphatic hydroxyl groups excluding tert-OH is 1. The standard InChI is InChI=1S/C16H14INO/c17-15-7-8-16(14(10-15)2-1-9-19)13-5-3-12(11-18)4-6-13/h3-8,10,19H,1-2,9H2. The van der Waals surface area contributed by atoms with E-state index in [-0.39, 0.29) is 6.61 Å². The molecule has 0 radical (unpaired) electrons. The van der Waals surface area contributed by atoms with E-state index in [2.05, 4.69) is 46.9 Å². The third-order valence-corrected chi connectivity index (χ3v) is 3.67. The van der Waals surface area contributed by atoms with Gasteiger partial charge in [0, 0.05) is 10.2 Å². The molecule has 0 aliphatic heterocycles. The molecule has 96 valence electrons.